The Hall–Kier alpha value is -0.170. The molecule has 0 fully saturated rings. The van der Waals surface area contributed by atoms with Crippen LogP contribution in [0.5, 0.6) is 0 Å². The van der Waals surface area contributed by atoms with Crippen molar-refractivity contribution in [1.82, 2.24) is 14.3 Å². The van der Waals surface area contributed by atoms with Crippen molar-refractivity contribution in [3.05, 3.63) is 0 Å². The van der Waals surface area contributed by atoms with Gasteiger partial charge in [-0.25, -0.2) is 4.72 Å². The molecule has 0 aromatic carbocycles. The molecule has 0 aromatic rings. The minimum Gasteiger partial charge on any atom is -0.315 e. The van der Waals surface area contributed by atoms with Gasteiger partial charge < -0.3 is 5.32 Å². The van der Waals surface area contributed by atoms with Crippen LogP contribution in [0, 0.1) is 0 Å². The Morgan fingerprint density at radius 2 is 1.80 bits per heavy atom. The topological polar surface area (TPSA) is 61.4 Å². The molecule has 15 heavy (non-hydrogen) atoms. The van der Waals surface area contributed by atoms with Crippen LogP contribution in [0.2, 0.25) is 0 Å². The highest BCUT2D eigenvalue weighted by atomic mass is 32.2. The fourth-order valence-electron chi connectivity index (χ4n) is 0.950. The molecule has 92 valence electrons. The van der Waals surface area contributed by atoms with Gasteiger partial charge in [-0.2, -0.15) is 12.7 Å². The first-order valence-electron chi connectivity index (χ1n) is 5.35. The average Bonchev–Trinajstić information content (AvgIpc) is 2.16. The molecule has 0 aliphatic rings. The highest BCUT2D eigenvalue weighted by Crippen LogP contribution is 1.99. The largest absolute Gasteiger partial charge is 0.315 e. The van der Waals surface area contributed by atoms with Crippen LogP contribution >= 0.6 is 0 Å². The fourth-order valence-corrected chi connectivity index (χ4v) is 2.07. The van der Waals surface area contributed by atoms with Gasteiger partial charge in [0, 0.05) is 26.2 Å². The van der Waals surface area contributed by atoms with Gasteiger partial charge in [0.25, 0.3) is 10.2 Å². The maximum absolute atomic E-state index is 11.6. The Kier molecular flexibility index (Phi) is 7.08. The first-order valence-corrected chi connectivity index (χ1v) is 6.79. The molecule has 0 rings (SSSR count). The highest BCUT2D eigenvalue weighted by molar-refractivity contribution is 7.87. The van der Waals surface area contributed by atoms with Gasteiger partial charge in [0.1, 0.15) is 0 Å². The Morgan fingerprint density at radius 1 is 1.20 bits per heavy atom. The van der Waals surface area contributed by atoms with Crippen LogP contribution in [-0.4, -0.2) is 45.4 Å². The minimum absolute atomic E-state index is 0.0221. The Labute approximate surface area is 93.4 Å². The fraction of sp³-hybridized carbons (Fsp3) is 1.00. The van der Waals surface area contributed by atoms with Crippen LogP contribution in [0.4, 0.5) is 0 Å². The Balaban J connectivity index is 3.85. The van der Waals surface area contributed by atoms with Gasteiger partial charge >= 0.3 is 0 Å². The molecule has 0 aromatic heterocycles. The van der Waals surface area contributed by atoms with Crippen molar-refractivity contribution >= 4 is 10.2 Å². The number of nitrogens with one attached hydrogen (secondary N) is 2. The zero-order valence-electron chi connectivity index (χ0n) is 10.1. The van der Waals surface area contributed by atoms with Crippen LogP contribution < -0.4 is 10.0 Å². The second-order valence-electron chi connectivity index (χ2n) is 3.76. The predicted molar refractivity (Wildman–Crippen MR) is 63.0 cm³/mol. The summed E-state index contributed by atoms with van der Waals surface area (Å²) >= 11 is 0. The van der Waals surface area contributed by atoms with Crippen molar-refractivity contribution in [3.63, 3.8) is 0 Å². The zero-order valence-corrected chi connectivity index (χ0v) is 10.9. The second-order valence-corrected chi connectivity index (χ2v) is 5.57. The summed E-state index contributed by atoms with van der Waals surface area (Å²) in [5, 5.41) is 3.13. The third kappa shape index (κ3) is 6.09. The normalized spacial score (nSPS) is 12.7. The van der Waals surface area contributed by atoms with E-state index in [9.17, 15) is 8.42 Å². The number of hydrogen-bond acceptors (Lipinski definition) is 3. The van der Waals surface area contributed by atoms with Gasteiger partial charge in [-0.3, -0.25) is 0 Å². The lowest BCUT2D eigenvalue weighted by Gasteiger charge is -2.21. The molecular formula is C9H23N3O2S. The van der Waals surface area contributed by atoms with E-state index >= 15 is 0 Å². The molecule has 6 heteroatoms. The van der Waals surface area contributed by atoms with Crippen molar-refractivity contribution in [1.29, 1.82) is 0 Å². The SMILES string of the molecule is CCCNCCNS(=O)(=O)N(C)C(C)C. The quantitative estimate of drug-likeness (QED) is 0.591. The molecule has 0 heterocycles. The maximum atomic E-state index is 11.6. The van der Waals surface area contributed by atoms with E-state index in [0.29, 0.717) is 13.1 Å². The summed E-state index contributed by atoms with van der Waals surface area (Å²) in [4.78, 5) is 0. The molecule has 0 spiro atoms. The van der Waals surface area contributed by atoms with Crippen molar-refractivity contribution in [2.45, 2.75) is 33.2 Å². The monoisotopic (exact) mass is 237 g/mol. The third-order valence-corrected chi connectivity index (χ3v) is 3.87. The van der Waals surface area contributed by atoms with E-state index in [1.807, 2.05) is 13.8 Å². The predicted octanol–water partition coefficient (Wildman–Crippen LogP) is 0.161. The standard InChI is InChI=1S/C9H23N3O2S/c1-5-6-10-7-8-11-15(13,14)12(4)9(2)3/h9-11H,5-8H2,1-4H3. The van der Waals surface area contributed by atoms with Crippen molar-refractivity contribution in [2.75, 3.05) is 26.7 Å². The van der Waals surface area contributed by atoms with Gasteiger partial charge in [0.15, 0.2) is 0 Å². The Morgan fingerprint density at radius 3 is 2.27 bits per heavy atom. The van der Waals surface area contributed by atoms with E-state index < -0.39 is 10.2 Å². The molecule has 0 atom stereocenters. The number of rotatable bonds is 8. The van der Waals surface area contributed by atoms with E-state index in [1.165, 1.54) is 4.31 Å². The summed E-state index contributed by atoms with van der Waals surface area (Å²) < 4.78 is 27.0. The lowest BCUT2D eigenvalue weighted by Crippen LogP contribution is -2.44. The molecule has 0 unspecified atom stereocenters. The molecule has 0 radical (unpaired) electrons. The third-order valence-electron chi connectivity index (χ3n) is 2.12. The van der Waals surface area contributed by atoms with E-state index in [1.54, 1.807) is 7.05 Å². The molecular weight excluding hydrogens is 214 g/mol. The van der Waals surface area contributed by atoms with E-state index in [-0.39, 0.29) is 6.04 Å². The number of hydrogen-bond donors (Lipinski definition) is 2. The summed E-state index contributed by atoms with van der Waals surface area (Å²) in [5.74, 6) is 0. The summed E-state index contributed by atoms with van der Waals surface area (Å²) in [6.45, 7) is 7.77. The lowest BCUT2D eigenvalue weighted by atomic mass is 10.4. The smallest absolute Gasteiger partial charge is 0.279 e. The number of nitrogens with zero attached hydrogens (tertiary/aromatic N) is 1. The van der Waals surface area contributed by atoms with Crippen molar-refractivity contribution < 1.29 is 8.42 Å². The van der Waals surface area contributed by atoms with E-state index in [2.05, 4.69) is 17.0 Å². The summed E-state index contributed by atoms with van der Waals surface area (Å²) in [7, 11) is -1.73. The van der Waals surface area contributed by atoms with E-state index in [4.69, 9.17) is 0 Å². The van der Waals surface area contributed by atoms with Crippen molar-refractivity contribution in [3.8, 4) is 0 Å². The van der Waals surface area contributed by atoms with Gasteiger partial charge in [-0.15, -0.1) is 0 Å². The molecule has 0 aliphatic heterocycles. The first kappa shape index (κ1) is 14.8. The molecule has 0 aliphatic carbocycles. The molecule has 0 amide bonds. The van der Waals surface area contributed by atoms with Gasteiger partial charge in [0.2, 0.25) is 0 Å². The maximum Gasteiger partial charge on any atom is 0.279 e. The van der Waals surface area contributed by atoms with Gasteiger partial charge in [0.05, 0.1) is 0 Å². The minimum atomic E-state index is -3.30. The summed E-state index contributed by atoms with van der Waals surface area (Å²) in [5.41, 5.74) is 0. The summed E-state index contributed by atoms with van der Waals surface area (Å²) in [6, 6.07) is -0.0221. The van der Waals surface area contributed by atoms with Crippen LogP contribution in [0.1, 0.15) is 27.2 Å². The molecule has 5 nitrogen and oxygen atoms in total. The van der Waals surface area contributed by atoms with Gasteiger partial charge in [-0.1, -0.05) is 6.92 Å². The first-order chi connectivity index (χ1) is 6.91. The van der Waals surface area contributed by atoms with E-state index in [0.717, 1.165) is 13.0 Å². The van der Waals surface area contributed by atoms with Crippen LogP contribution in [0.15, 0.2) is 0 Å². The van der Waals surface area contributed by atoms with Crippen LogP contribution in [-0.2, 0) is 10.2 Å². The molecule has 0 saturated heterocycles. The van der Waals surface area contributed by atoms with Gasteiger partial charge in [-0.05, 0) is 26.8 Å². The molecule has 0 bridgehead atoms. The lowest BCUT2D eigenvalue weighted by molar-refractivity contribution is 0.402. The van der Waals surface area contributed by atoms with Crippen molar-refractivity contribution in [2.24, 2.45) is 0 Å². The Bertz CT molecular complexity index is 252. The second kappa shape index (κ2) is 7.16. The molecule has 2 N–H and O–H groups in total. The summed E-state index contributed by atoms with van der Waals surface area (Å²) in [6.07, 6.45) is 1.05. The highest BCUT2D eigenvalue weighted by Gasteiger charge is 2.18. The van der Waals surface area contributed by atoms with Crippen LogP contribution in [0.3, 0.4) is 0 Å². The molecule has 0 saturated carbocycles. The zero-order chi connectivity index (χ0) is 11.9. The van der Waals surface area contributed by atoms with Crippen LogP contribution in [0.25, 0.3) is 0 Å². The average molecular weight is 237 g/mol.